The largest absolute Gasteiger partial charge is 0.356 e. The molecule has 0 aliphatic carbocycles. The molecule has 2 heteroatoms. The molecule has 0 bridgehead atoms. The minimum absolute atomic E-state index is 0. The lowest BCUT2D eigenvalue weighted by Crippen LogP contribution is -1.97. The van der Waals surface area contributed by atoms with E-state index in [1.165, 1.54) is 0 Å². The van der Waals surface area contributed by atoms with Crippen LogP contribution in [0.3, 0.4) is 0 Å². The van der Waals surface area contributed by atoms with Gasteiger partial charge < -0.3 is 9.47 Å². The van der Waals surface area contributed by atoms with Gasteiger partial charge >= 0.3 is 0 Å². The molecule has 0 radical (unpaired) electrons. The molecule has 0 aromatic rings. The Hall–Kier alpha value is -0.0800. The highest BCUT2D eigenvalue weighted by Crippen LogP contribution is 1.74. The Morgan fingerprint density at radius 1 is 0.727 bits per heavy atom. The zero-order valence-electron chi connectivity index (χ0n) is 4.94. The fraction of sp³-hybridized carbons (Fsp3) is 1.00. The van der Waals surface area contributed by atoms with E-state index in [-0.39, 0.29) is 29.7 Å². The van der Waals surface area contributed by atoms with Crippen molar-refractivity contribution in [3.05, 3.63) is 0 Å². The molecule has 76 valence electrons. The normalized spacial score (nSPS) is 6.00. The van der Waals surface area contributed by atoms with E-state index in [0.717, 1.165) is 13.2 Å². The van der Waals surface area contributed by atoms with Crippen LogP contribution in [0, 0.1) is 0 Å². The van der Waals surface area contributed by atoms with Crippen LogP contribution in [0.25, 0.3) is 0 Å². The smallest absolute Gasteiger partial charge is 0.146 e. The van der Waals surface area contributed by atoms with Crippen molar-refractivity contribution in [3.63, 3.8) is 0 Å². The molecule has 0 saturated heterocycles. The Labute approximate surface area is 73.9 Å². The van der Waals surface area contributed by atoms with Crippen LogP contribution in [0.2, 0.25) is 0 Å². The van der Waals surface area contributed by atoms with Crippen molar-refractivity contribution in [3.8, 4) is 0 Å². The number of hydrogen-bond acceptors (Lipinski definition) is 2. The lowest BCUT2D eigenvalue weighted by molar-refractivity contribution is -0.0445. The van der Waals surface area contributed by atoms with Crippen LogP contribution in [0.5, 0.6) is 0 Å². The van der Waals surface area contributed by atoms with Gasteiger partial charge in [-0.2, -0.15) is 0 Å². The summed E-state index contributed by atoms with van der Waals surface area (Å²) in [6.45, 7) is 5.80. The molecule has 0 aromatic carbocycles. The maximum Gasteiger partial charge on any atom is 0.146 e. The molecular formula is C9H28O2. The standard InChI is InChI=1S/C5H12O2.4CH4/c1-3-6-5-7-4-2;;;;/h3-5H2,1-2H3;4*1H4. The molecule has 0 fully saturated rings. The van der Waals surface area contributed by atoms with Crippen LogP contribution in [0.1, 0.15) is 43.6 Å². The van der Waals surface area contributed by atoms with Crippen molar-refractivity contribution in [2.75, 3.05) is 20.0 Å². The number of rotatable bonds is 4. The first-order chi connectivity index (χ1) is 3.41. The van der Waals surface area contributed by atoms with E-state index in [9.17, 15) is 0 Å². The summed E-state index contributed by atoms with van der Waals surface area (Å²) in [5.41, 5.74) is 0. The highest BCUT2D eigenvalue weighted by molar-refractivity contribution is 4.08. The lowest BCUT2D eigenvalue weighted by atomic mass is 10.9. The van der Waals surface area contributed by atoms with Crippen LogP contribution in [-0.2, 0) is 9.47 Å². The first-order valence-electron chi connectivity index (χ1n) is 2.57. The van der Waals surface area contributed by atoms with Crippen molar-refractivity contribution in [1.29, 1.82) is 0 Å². The lowest BCUT2D eigenvalue weighted by Gasteiger charge is -1.97. The van der Waals surface area contributed by atoms with Gasteiger partial charge in [0, 0.05) is 13.2 Å². The fourth-order valence-electron chi connectivity index (χ4n) is 0.226. The molecule has 0 atom stereocenters. The Kier molecular flexibility index (Phi) is 90.9. The van der Waals surface area contributed by atoms with E-state index in [0.29, 0.717) is 6.79 Å². The van der Waals surface area contributed by atoms with Crippen LogP contribution >= 0.6 is 0 Å². The van der Waals surface area contributed by atoms with Crippen molar-refractivity contribution >= 4 is 0 Å². The topological polar surface area (TPSA) is 18.5 Å². The summed E-state index contributed by atoms with van der Waals surface area (Å²) in [6.07, 6.45) is 0. The summed E-state index contributed by atoms with van der Waals surface area (Å²) in [6, 6.07) is 0. The zero-order valence-corrected chi connectivity index (χ0v) is 4.94. The van der Waals surface area contributed by atoms with Gasteiger partial charge in [-0.25, -0.2) is 0 Å². The predicted molar refractivity (Wildman–Crippen MR) is 55.0 cm³/mol. The Morgan fingerprint density at radius 3 is 1.18 bits per heavy atom. The second kappa shape index (κ2) is 32.6. The van der Waals surface area contributed by atoms with Gasteiger partial charge in [-0.3, -0.25) is 0 Å². The highest BCUT2D eigenvalue weighted by atomic mass is 16.7. The maximum absolute atomic E-state index is 4.85. The first kappa shape index (κ1) is 30.7. The second-order valence-corrected chi connectivity index (χ2v) is 1.10. The molecule has 11 heavy (non-hydrogen) atoms. The van der Waals surface area contributed by atoms with Gasteiger partial charge in [0.2, 0.25) is 0 Å². The summed E-state index contributed by atoms with van der Waals surface area (Å²) in [5, 5.41) is 0. The molecule has 2 nitrogen and oxygen atoms in total. The quantitative estimate of drug-likeness (QED) is 0.472. The van der Waals surface area contributed by atoms with Crippen LogP contribution < -0.4 is 0 Å². The first-order valence-corrected chi connectivity index (χ1v) is 2.57. The number of ether oxygens (including phenoxy) is 2. The van der Waals surface area contributed by atoms with Crippen LogP contribution in [-0.4, -0.2) is 20.0 Å². The van der Waals surface area contributed by atoms with Crippen molar-refractivity contribution < 1.29 is 9.47 Å². The average Bonchev–Trinajstić information content (AvgIpc) is 1.69. The molecule has 0 spiro atoms. The van der Waals surface area contributed by atoms with E-state index in [1.54, 1.807) is 0 Å². The van der Waals surface area contributed by atoms with Crippen molar-refractivity contribution in [2.45, 2.75) is 43.6 Å². The Morgan fingerprint density at radius 2 is 1.00 bits per heavy atom. The summed E-state index contributed by atoms with van der Waals surface area (Å²) >= 11 is 0. The third-order valence-electron chi connectivity index (χ3n) is 0.575. The molecule has 0 unspecified atom stereocenters. The van der Waals surface area contributed by atoms with Crippen molar-refractivity contribution in [1.82, 2.24) is 0 Å². The van der Waals surface area contributed by atoms with Gasteiger partial charge in [0.05, 0.1) is 0 Å². The van der Waals surface area contributed by atoms with E-state index < -0.39 is 0 Å². The fourth-order valence-corrected chi connectivity index (χ4v) is 0.226. The van der Waals surface area contributed by atoms with E-state index in [1.807, 2.05) is 13.8 Å². The van der Waals surface area contributed by atoms with Gasteiger partial charge in [-0.15, -0.1) is 0 Å². The molecule has 0 aromatic heterocycles. The van der Waals surface area contributed by atoms with E-state index >= 15 is 0 Å². The second-order valence-electron chi connectivity index (χ2n) is 1.10. The molecule has 0 aliphatic rings. The van der Waals surface area contributed by atoms with Crippen LogP contribution in [0.4, 0.5) is 0 Å². The molecule has 0 N–H and O–H groups in total. The third kappa shape index (κ3) is 40.5. The molecule has 0 saturated carbocycles. The molecule has 0 aliphatic heterocycles. The molecule has 0 amide bonds. The minimum Gasteiger partial charge on any atom is -0.356 e. The Bertz CT molecular complexity index is 26.7. The van der Waals surface area contributed by atoms with E-state index in [2.05, 4.69) is 0 Å². The van der Waals surface area contributed by atoms with Gasteiger partial charge in [0.1, 0.15) is 6.79 Å². The monoisotopic (exact) mass is 168 g/mol. The highest BCUT2D eigenvalue weighted by Gasteiger charge is 1.76. The summed E-state index contributed by atoms with van der Waals surface area (Å²) < 4.78 is 9.70. The minimum atomic E-state index is 0. The zero-order chi connectivity index (χ0) is 5.54. The van der Waals surface area contributed by atoms with Crippen LogP contribution in [0.15, 0.2) is 0 Å². The van der Waals surface area contributed by atoms with Gasteiger partial charge in [0.25, 0.3) is 0 Å². The molecule has 0 rings (SSSR count). The third-order valence-corrected chi connectivity index (χ3v) is 0.575. The van der Waals surface area contributed by atoms with Gasteiger partial charge in [-0.1, -0.05) is 29.7 Å². The maximum atomic E-state index is 4.85. The average molecular weight is 168 g/mol. The number of hydrogen-bond donors (Lipinski definition) is 0. The summed E-state index contributed by atoms with van der Waals surface area (Å²) in [5.74, 6) is 0. The van der Waals surface area contributed by atoms with Gasteiger partial charge in [-0.05, 0) is 13.8 Å². The van der Waals surface area contributed by atoms with Gasteiger partial charge in [0.15, 0.2) is 0 Å². The van der Waals surface area contributed by atoms with E-state index in [4.69, 9.17) is 9.47 Å². The molecule has 0 heterocycles. The summed E-state index contributed by atoms with van der Waals surface area (Å²) in [7, 11) is 0. The molecular weight excluding hydrogens is 140 g/mol. The van der Waals surface area contributed by atoms with Crippen molar-refractivity contribution in [2.24, 2.45) is 0 Å². The summed E-state index contributed by atoms with van der Waals surface area (Å²) in [4.78, 5) is 0. The predicted octanol–water partition coefficient (Wildman–Crippen LogP) is 3.56. The SMILES string of the molecule is C.C.C.C.CCOCOCC. The Balaban J connectivity index is -0.0000000300.